The van der Waals surface area contributed by atoms with Crippen molar-refractivity contribution in [3.63, 3.8) is 0 Å². The summed E-state index contributed by atoms with van der Waals surface area (Å²) in [6.45, 7) is 0.739. The fraction of sp³-hybridized carbons (Fsp3) is 0.250. The molecule has 0 aliphatic rings. The van der Waals surface area contributed by atoms with Crippen LogP contribution in [0, 0.1) is 0 Å². The van der Waals surface area contributed by atoms with Crippen molar-refractivity contribution in [2.24, 2.45) is 0 Å². The smallest absolute Gasteiger partial charge is 0.144 e. The van der Waals surface area contributed by atoms with Gasteiger partial charge in [-0.15, -0.1) is 0 Å². The number of halogens is 2. The van der Waals surface area contributed by atoms with Crippen LogP contribution in [-0.4, -0.2) is 21.3 Å². The minimum Gasteiger partial charge on any atom is -0.495 e. The van der Waals surface area contributed by atoms with Crippen molar-refractivity contribution < 1.29 is 9.47 Å². The highest BCUT2D eigenvalue weighted by Crippen LogP contribution is 2.42. The molecular formula is C16H17BrClNO2. The zero-order chi connectivity index (χ0) is 15.4. The van der Waals surface area contributed by atoms with Crippen molar-refractivity contribution >= 4 is 27.5 Å². The van der Waals surface area contributed by atoms with Crippen LogP contribution in [0.4, 0.5) is 0 Å². The van der Waals surface area contributed by atoms with Crippen LogP contribution in [0.3, 0.4) is 0 Å². The Morgan fingerprint density at radius 1 is 1.14 bits per heavy atom. The van der Waals surface area contributed by atoms with E-state index in [9.17, 15) is 0 Å². The number of methoxy groups -OCH3 is 2. The molecule has 3 nitrogen and oxygen atoms in total. The molecule has 2 rings (SSSR count). The van der Waals surface area contributed by atoms with Crippen molar-refractivity contribution in [2.75, 3.05) is 21.3 Å². The third-order valence-corrected chi connectivity index (χ3v) is 4.32. The fourth-order valence-electron chi connectivity index (χ4n) is 2.17. The molecule has 1 N–H and O–H groups in total. The topological polar surface area (TPSA) is 30.5 Å². The molecule has 0 saturated carbocycles. The first kappa shape index (κ1) is 16.1. The molecule has 0 spiro atoms. The number of hydrogen-bond donors (Lipinski definition) is 1. The molecule has 21 heavy (non-hydrogen) atoms. The van der Waals surface area contributed by atoms with Crippen LogP contribution in [0.25, 0.3) is 11.1 Å². The molecule has 2 aromatic carbocycles. The summed E-state index contributed by atoms with van der Waals surface area (Å²) in [5.74, 6) is 1.46. The molecular weight excluding hydrogens is 354 g/mol. The van der Waals surface area contributed by atoms with E-state index in [-0.39, 0.29) is 0 Å². The molecule has 0 heterocycles. The van der Waals surface area contributed by atoms with Crippen molar-refractivity contribution in [2.45, 2.75) is 6.54 Å². The van der Waals surface area contributed by atoms with Crippen LogP contribution < -0.4 is 14.8 Å². The van der Waals surface area contributed by atoms with Gasteiger partial charge in [0.25, 0.3) is 0 Å². The van der Waals surface area contributed by atoms with Gasteiger partial charge in [0.05, 0.1) is 14.2 Å². The Kier molecular flexibility index (Phi) is 5.51. The van der Waals surface area contributed by atoms with Crippen molar-refractivity contribution in [3.8, 4) is 22.6 Å². The van der Waals surface area contributed by atoms with E-state index >= 15 is 0 Å². The number of nitrogens with one attached hydrogen (secondary N) is 1. The van der Waals surface area contributed by atoms with Crippen molar-refractivity contribution in [1.82, 2.24) is 5.32 Å². The van der Waals surface area contributed by atoms with Gasteiger partial charge in [0, 0.05) is 17.1 Å². The molecule has 0 atom stereocenters. The van der Waals surface area contributed by atoms with Gasteiger partial charge in [-0.05, 0) is 52.3 Å². The molecule has 0 aliphatic carbocycles. The maximum Gasteiger partial charge on any atom is 0.144 e. The maximum atomic E-state index is 6.33. The van der Waals surface area contributed by atoms with Crippen molar-refractivity contribution in [3.05, 3.63) is 45.4 Å². The van der Waals surface area contributed by atoms with E-state index in [2.05, 4.69) is 21.2 Å². The Morgan fingerprint density at radius 3 is 2.48 bits per heavy atom. The second-order valence-corrected chi connectivity index (χ2v) is 5.70. The van der Waals surface area contributed by atoms with E-state index in [1.807, 2.05) is 37.4 Å². The zero-order valence-corrected chi connectivity index (χ0v) is 14.5. The first-order valence-corrected chi connectivity index (χ1v) is 7.63. The third-order valence-electron chi connectivity index (χ3n) is 3.22. The van der Waals surface area contributed by atoms with Gasteiger partial charge in [-0.25, -0.2) is 0 Å². The molecule has 0 unspecified atom stereocenters. The van der Waals surface area contributed by atoms with Gasteiger partial charge in [-0.3, -0.25) is 0 Å². The molecule has 112 valence electrons. The molecule has 0 aliphatic heterocycles. The van der Waals surface area contributed by atoms with E-state index in [0.29, 0.717) is 0 Å². The average Bonchev–Trinajstić information content (AvgIpc) is 2.49. The first-order chi connectivity index (χ1) is 10.1. The monoisotopic (exact) mass is 369 g/mol. The Morgan fingerprint density at radius 2 is 1.90 bits per heavy atom. The van der Waals surface area contributed by atoms with E-state index in [1.54, 1.807) is 14.2 Å². The molecule has 0 radical (unpaired) electrons. The lowest BCUT2D eigenvalue weighted by molar-refractivity contribution is 0.390. The molecule has 2 aromatic rings. The molecule has 0 bridgehead atoms. The highest BCUT2D eigenvalue weighted by molar-refractivity contribution is 9.10. The standard InChI is InChI=1S/C16H17BrClNO2/c1-19-9-11-5-4-10(8-13(11)18)12-6-7-14(20-2)15(17)16(12)21-3/h4-8,19H,9H2,1-3H3. The summed E-state index contributed by atoms with van der Waals surface area (Å²) < 4.78 is 11.6. The van der Waals surface area contributed by atoms with Crippen LogP contribution >= 0.6 is 27.5 Å². The van der Waals surface area contributed by atoms with Crippen LogP contribution in [0.2, 0.25) is 5.02 Å². The zero-order valence-electron chi connectivity index (χ0n) is 12.2. The van der Waals surface area contributed by atoms with Crippen LogP contribution in [0.15, 0.2) is 34.8 Å². The van der Waals surface area contributed by atoms with E-state index in [1.165, 1.54) is 0 Å². The summed E-state index contributed by atoms with van der Waals surface area (Å²) in [7, 11) is 5.16. The van der Waals surface area contributed by atoms with E-state index in [4.69, 9.17) is 21.1 Å². The van der Waals surface area contributed by atoms with E-state index < -0.39 is 0 Å². The number of hydrogen-bond acceptors (Lipinski definition) is 3. The minimum absolute atomic E-state index is 0.729. The Labute approximate surface area is 138 Å². The lowest BCUT2D eigenvalue weighted by Crippen LogP contribution is -2.05. The lowest BCUT2D eigenvalue weighted by atomic mass is 10.0. The highest BCUT2D eigenvalue weighted by Gasteiger charge is 2.15. The SMILES string of the molecule is CNCc1ccc(-c2ccc(OC)c(Br)c2OC)cc1Cl. The fourth-order valence-corrected chi connectivity index (χ4v) is 3.09. The van der Waals surface area contributed by atoms with Crippen LogP contribution in [0.5, 0.6) is 11.5 Å². The summed E-state index contributed by atoms with van der Waals surface area (Å²) in [6, 6.07) is 9.87. The summed E-state index contributed by atoms with van der Waals surface area (Å²) in [4.78, 5) is 0. The summed E-state index contributed by atoms with van der Waals surface area (Å²) >= 11 is 9.85. The van der Waals surface area contributed by atoms with E-state index in [0.717, 1.165) is 44.2 Å². The predicted octanol–water partition coefficient (Wildman–Crippen LogP) is 4.51. The van der Waals surface area contributed by atoms with Crippen LogP contribution in [-0.2, 0) is 6.54 Å². The highest BCUT2D eigenvalue weighted by atomic mass is 79.9. The Bertz CT molecular complexity index is 646. The first-order valence-electron chi connectivity index (χ1n) is 6.46. The third kappa shape index (κ3) is 3.34. The van der Waals surface area contributed by atoms with Gasteiger partial charge >= 0.3 is 0 Å². The molecule has 0 aromatic heterocycles. The maximum absolute atomic E-state index is 6.33. The molecule has 0 saturated heterocycles. The number of benzene rings is 2. The quantitative estimate of drug-likeness (QED) is 0.840. The summed E-state index contributed by atoms with van der Waals surface area (Å²) in [5.41, 5.74) is 3.03. The Hall–Kier alpha value is -1.23. The van der Waals surface area contributed by atoms with Gasteiger partial charge in [0.15, 0.2) is 0 Å². The van der Waals surface area contributed by atoms with Gasteiger partial charge in [0.2, 0.25) is 0 Å². The summed E-state index contributed by atoms with van der Waals surface area (Å²) in [6.07, 6.45) is 0. The van der Waals surface area contributed by atoms with Gasteiger partial charge in [0.1, 0.15) is 16.0 Å². The number of ether oxygens (including phenoxy) is 2. The number of rotatable bonds is 5. The lowest BCUT2D eigenvalue weighted by Gasteiger charge is -2.14. The van der Waals surface area contributed by atoms with Crippen LogP contribution in [0.1, 0.15) is 5.56 Å². The van der Waals surface area contributed by atoms with Gasteiger partial charge in [-0.1, -0.05) is 23.7 Å². The second kappa shape index (κ2) is 7.16. The summed E-state index contributed by atoms with van der Waals surface area (Å²) in [5, 5.41) is 3.83. The molecule has 0 fully saturated rings. The second-order valence-electron chi connectivity index (χ2n) is 4.50. The normalized spacial score (nSPS) is 10.5. The predicted molar refractivity (Wildman–Crippen MR) is 90.5 cm³/mol. The molecule has 0 amide bonds. The van der Waals surface area contributed by atoms with Crippen molar-refractivity contribution in [1.29, 1.82) is 0 Å². The Balaban J connectivity index is 2.51. The minimum atomic E-state index is 0.729. The average molecular weight is 371 g/mol. The largest absolute Gasteiger partial charge is 0.495 e. The van der Waals surface area contributed by atoms with Gasteiger partial charge < -0.3 is 14.8 Å². The van der Waals surface area contributed by atoms with Gasteiger partial charge in [-0.2, -0.15) is 0 Å². The molecule has 5 heteroatoms.